The summed E-state index contributed by atoms with van der Waals surface area (Å²) in [5, 5.41) is 0. The molecule has 1 rings (SSSR count). The SMILES string of the molecule is CC(CN)N(C)CC(=O)N1CCCCC1. The predicted octanol–water partition coefficient (Wildman–Crippen LogP) is 0.278. The van der Waals surface area contributed by atoms with E-state index >= 15 is 0 Å². The first-order valence-electron chi connectivity index (χ1n) is 5.83. The maximum absolute atomic E-state index is 11.9. The summed E-state index contributed by atoms with van der Waals surface area (Å²) in [6.07, 6.45) is 3.57. The summed E-state index contributed by atoms with van der Waals surface area (Å²) in [4.78, 5) is 15.9. The molecule has 4 heteroatoms. The number of rotatable bonds is 4. The lowest BCUT2D eigenvalue weighted by Crippen LogP contribution is -2.45. The van der Waals surface area contributed by atoms with E-state index in [1.165, 1.54) is 6.42 Å². The number of nitrogens with two attached hydrogens (primary N) is 1. The summed E-state index contributed by atoms with van der Waals surface area (Å²) in [5.74, 6) is 0.248. The highest BCUT2D eigenvalue weighted by atomic mass is 16.2. The first-order valence-corrected chi connectivity index (χ1v) is 5.83. The van der Waals surface area contributed by atoms with Gasteiger partial charge in [0.25, 0.3) is 0 Å². The Hall–Kier alpha value is -0.610. The van der Waals surface area contributed by atoms with Gasteiger partial charge in [0.15, 0.2) is 0 Å². The van der Waals surface area contributed by atoms with E-state index < -0.39 is 0 Å². The van der Waals surface area contributed by atoms with Gasteiger partial charge >= 0.3 is 0 Å². The average molecular weight is 213 g/mol. The number of likely N-dealkylation sites (tertiary alicyclic amines) is 1. The van der Waals surface area contributed by atoms with Crippen molar-refractivity contribution in [1.82, 2.24) is 9.80 Å². The Morgan fingerprint density at radius 2 is 2.00 bits per heavy atom. The lowest BCUT2D eigenvalue weighted by atomic mass is 10.1. The fraction of sp³-hybridized carbons (Fsp3) is 0.909. The Morgan fingerprint density at radius 3 is 2.53 bits per heavy atom. The van der Waals surface area contributed by atoms with Gasteiger partial charge in [0, 0.05) is 25.7 Å². The maximum atomic E-state index is 11.9. The Morgan fingerprint density at radius 1 is 1.40 bits per heavy atom. The van der Waals surface area contributed by atoms with Crippen LogP contribution in [0.2, 0.25) is 0 Å². The molecule has 0 aliphatic carbocycles. The first-order chi connectivity index (χ1) is 7.15. The second-order valence-electron chi connectivity index (χ2n) is 4.44. The molecule has 0 aromatic heterocycles. The normalized spacial score (nSPS) is 19.3. The van der Waals surface area contributed by atoms with E-state index in [0.717, 1.165) is 25.9 Å². The third-order valence-electron chi connectivity index (χ3n) is 3.19. The molecular formula is C11H23N3O. The Labute approximate surface area is 92.4 Å². The van der Waals surface area contributed by atoms with Crippen molar-refractivity contribution in [2.24, 2.45) is 5.73 Å². The molecule has 1 atom stereocenters. The molecule has 1 aliphatic heterocycles. The fourth-order valence-corrected chi connectivity index (χ4v) is 1.79. The molecule has 15 heavy (non-hydrogen) atoms. The summed E-state index contributed by atoms with van der Waals surface area (Å²) >= 11 is 0. The van der Waals surface area contributed by atoms with E-state index in [9.17, 15) is 4.79 Å². The maximum Gasteiger partial charge on any atom is 0.236 e. The van der Waals surface area contributed by atoms with Gasteiger partial charge in [0.05, 0.1) is 6.54 Å². The number of amides is 1. The van der Waals surface area contributed by atoms with Crippen LogP contribution in [0, 0.1) is 0 Å². The summed E-state index contributed by atoms with van der Waals surface area (Å²) < 4.78 is 0. The number of nitrogens with zero attached hydrogens (tertiary/aromatic N) is 2. The van der Waals surface area contributed by atoms with Crippen molar-refractivity contribution in [3.63, 3.8) is 0 Å². The zero-order valence-electron chi connectivity index (χ0n) is 9.91. The molecule has 0 spiro atoms. The van der Waals surface area contributed by atoms with Gasteiger partial charge < -0.3 is 10.6 Å². The highest BCUT2D eigenvalue weighted by Crippen LogP contribution is 2.09. The third kappa shape index (κ3) is 3.80. The number of carbonyl (C=O) groups is 1. The number of hydrogen-bond donors (Lipinski definition) is 1. The van der Waals surface area contributed by atoms with E-state index in [4.69, 9.17) is 5.73 Å². The molecule has 1 amide bonds. The number of hydrogen-bond acceptors (Lipinski definition) is 3. The van der Waals surface area contributed by atoms with Crippen LogP contribution in [-0.2, 0) is 4.79 Å². The van der Waals surface area contributed by atoms with Crippen LogP contribution in [0.1, 0.15) is 26.2 Å². The fourth-order valence-electron chi connectivity index (χ4n) is 1.79. The Bertz CT molecular complexity index is 202. The van der Waals surface area contributed by atoms with E-state index in [0.29, 0.717) is 13.1 Å². The molecule has 0 bridgehead atoms. The number of piperidine rings is 1. The van der Waals surface area contributed by atoms with Crippen molar-refractivity contribution in [2.75, 3.05) is 33.2 Å². The van der Waals surface area contributed by atoms with E-state index in [1.54, 1.807) is 0 Å². The van der Waals surface area contributed by atoms with E-state index in [2.05, 4.69) is 0 Å². The minimum absolute atomic E-state index is 0.248. The molecule has 1 saturated heterocycles. The number of carbonyl (C=O) groups excluding carboxylic acids is 1. The zero-order chi connectivity index (χ0) is 11.3. The van der Waals surface area contributed by atoms with Crippen LogP contribution in [0.4, 0.5) is 0 Å². The molecule has 4 nitrogen and oxygen atoms in total. The summed E-state index contributed by atoms with van der Waals surface area (Å²) in [6, 6.07) is 0.277. The molecule has 0 radical (unpaired) electrons. The van der Waals surface area contributed by atoms with Crippen LogP contribution in [0.15, 0.2) is 0 Å². The second-order valence-corrected chi connectivity index (χ2v) is 4.44. The van der Waals surface area contributed by atoms with Crippen LogP contribution >= 0.6 is 0 Å². The molecule has 0 saturated carbocycles. The Kier molecular flexibility index (Phi) is 5.05. The van der Waals surface area contributed by atoms with Gasteiger partial charge in [-0.2, -0.15) is 0 Å². The molecule has 0 aromatic carbocycles. The van der Waals surface area contributed by atoms with Crippen molar-refractivity contribution in [2.45, 2.75) is 32.2 Å². The number of likely N-dealkylation sites (N-methyl/N-ethyl adjacent to an activating group) is 1. The average Bonchev–Trinajstić information content (AvgIpc) is 2.29. The van der Waals surface area contributed by atoms with Gasteiger partial charge in [0.1, 0.15) is 0 Å². The standard InChI is InChI=1S/C11H23N3O/c1-10(8-12)13(2)9-11(15)14-6-4-3-5-7-14/h10H,3-9,12H2,1-2H3. The van der Waals surface area contributed by atoms with Crippen LogP contribution in [0.5, 0.6) is 0 Å². The van der Waals surface area contributed by atoms with Gasteiger partial charge in [-0.05, 0) is 33.2 Å². The lowest BCUT2D eigenvalue weighted by molar-refractivity contribution is -0.133. The highest BCUT2D eigenvalue weighted by molar-refractivity contribution is 5.78. The van der Waals surface area contributed by atoms with Gasteiger partial charge in [-0.1, -0.05) is 0 Å². The topological polar surface area (TPSA) is 49.6 Å². The second kappa shape index (κ2) is 6.08. The van der Waals surface area contributed by atoms with Crippen LogP contribution in [0.3, 0.4) is 0 Å². The predicted molar refractivity (Wildman–Crippen MR) is 61.6 cm³/mol. The van der Waals surface area contributed by atoms with Crippen molar-refractivity contribution in [1.29, 1.82) is 0 Å². The van der Waals surface area contributed by atoms with Gasteiger partial charge in [-0.25, -0.2) is 0 Å². The van der Waals surface area contributed by atoms with Crippen LogP contribution < -0.4 is 5.73 Å². The largest absolute Gasteiger partial charge is 0.342 e. The highest BCUT2D eigenvalue weighted by Gasteiger charge is 2.19. The molecule has 88 valence electrons. The van der Waals surface area contributed by atoms with Gasteiger partial charge in [-0.3, -0.25) is 9.69 Å². The zero-order valence-corrected chi connectivity index (χ0v) is 9.91. The van der Waals surface area contributed by atoms with E-state index in [-0.39, 0.29) is 11.9 Å². The van der Waals surface area contributed by atoms with Crippen molar-refractivity contribution in [3.8, 4) is 0 Å². The molecule has 1 heterocycles. The summed E-state index contributed by atoms with van der Waals surface area (Å²) in [5.41, 5.74) is 5.56. The third-order valence-corrected chi connectivity index (χ3v) is 3.19. The summed E-state index contributed by atoms with van der Waals surface area (Å²) in [6.45, 7) is 5.01. The smallest absolute Gasteiger partial charge is 0.236 e. The Balaban J connectivity index is 2.33. The van der Waals surface area contributed by atoms with Crippen molar-refractivity contribution >= 4 is 5.91 Å². The first kappa shape index (κ1) is 12.5. The van der Waals surface area contributed by atoms with Crippen LogP contribution in [-0.4, -0.2) is 55.0 Å². The summed E-state index contributed by atoms with van der Waals surface area (Å²) in [7, 11) is 1.96. The molecule has 2 N–H and O–H groups in total. The molecule has 1 aliphatic rings. The van der Waals surface area contributed by atoms with Crippen LogP contribution in [0.25, 0.3) is 0 Å². The quantitative estimate of drug-likeness (QED) is 0.729. The lowest BCUT2D eigenvalue weighted by Gasteiger charge is -2.30. The van der Waals surface area contributed by atoms with Gasteiger partial charge in [-0.15, -0.1) is 0 Å². The van der Waals surface area contributed by atoms with Gasteiger partial charge in [0.2, 0.25) is 5.91 Å². The van der Waals surface area contributed by atoms with Crippen molar-refractivity contribution < 1.29 is 4.79 Å². The molecule has 0 aromatic rings. The van der Waals surface area contributed by atoms with Crippen molar-refractivity contribution in [3.05, 3.63) is 0 Å². The minimum Gasteiger partial charge on any atom is -0.342 e. The molecule has 1 fully saturated rings. The molecule has 1 unspecified atom stereocenters. The van der Waals surface area contributed by atoms with E-state index in [1.807, 2.05) is 23.8 Å². The molecular weight excluding hydrogens is 190 g/mol. The monoisotopic (exact) mass is 213 g/mol. The minimum atomic E-state index is 0.248.